The van der Waals surface area contributed by atoms with Crippen molar-refractivity contribution in [3.63, 3.8) is 0 Å². The second kappa shape index (κ2) is 11.0. The van der Waals surface area contributed by atoms with E-state index in [4.69, 9.17) is 9.84 Å². The number of ether oxygens (including phenoxy) is 1. The van der Waals surface area contributed by atoms with Crippen LogP contribution in [-0.2, 0) is 4.74 Å². The first-order chi connectivity index (χ1) is 8.43. The van der Waals surface area contributed by atoms with Crippen LogP contribution in [0.3, 0.4) is 0 Å². The van der Waals surface area contributed by atoms with Crippen LogP contribution < -0.4 is 5.32 Å². The van der Waals surface area contributed by atoms with Crippen LogP contribution in [-0.4, -0.2) is 37.5 Å². The van der Waals surface area contributed by atoms with Crippen molar-refractivity contribution in [2.45, 2.75) is 63.9 Å². The van der Waals surface area contributed by atoms with Crippen molar-refractivity contribution < 1.29 is 9.84 Å². The second-order valence-corrected chi connectivity index (χ2v) is 5.02. The fourth-order valence-corrected chi connectivity index (χ4v) is 2.39. The first-order valence-corrected chi connectivity index (χ1v) is 7.36. The van der Waals surface area contributed by atoms with Crippen LogP contribution in [0.25, 0.3) is 0 Å². The quantitative estimate of drug-likeness (QED) is 0.579. The second-order valence-electron chi connectivity index (χ2n) is 5.02. The third-order valence-corrected chi connectivity index (χ3v) is 3.44. The van der Waals surface area contributed by atoms with Gasteiger partial charge in [-0.25, -0.2) is 0 Å². The summed E-state index contributed by atoms with van der Waals surface area (Å²) in [6.07, 6.45) is 12.2. The van der Waals surface area contributed by atoms with Gasteiger partial charge < -0.3 is 15.2 Å². The van der Waals surface area contributed by atoms with Crippen LogP contribution in [0.4, 0.5) is 0 Å². The largest absolute Gasteiger partial charge is 0.395 e. The van der Waals surface area contributed by atoms with E-state index in [0.29, 0.717) is 6.10 Å². The number of nitrogens with one attached hydrogen (secondary N) is 1. The van der Waals surface area contributed by atoms with Gasteiger partial charge in [-0.05, 0) is 32.2 Å². The Hall–Kier alpha value is -0.120. The van der Waals surface area contributed by atoms with Gasteiger partial charge in [-0.2, -0.15) is 0 Å². The Morgan fingerprint density at radius 3 is 2.47 bits per heavy atom. The summed E-state index contributed by atoms with van der Waals surface area (Å²) in [7, 11) is 0. The molecule has 0 aromatic heterocycles. The third-order valence-electron chi connectivity index (χ3n) is 3.44. The molecule has 0 atom stereocenters. The highest BCUT2D eigenvalue weighted by molar-refractivity contribution is 4.64. The molecule has 1 aliphatic carbocycles. The van der Waals surface area contributed by atoms with Crippen LogP contribution in [0.2, 0.25) is 0 Å². The van der Waals surface area contributed by atoms with Gasteiger partial charge in [0.1, 0.15) is 0 Å². The minimum atomic E-state index is 0.245. The van der Waals surface area contributed by atoms with E-state index in [1.165, 1.54) is 57.8 Å². The van der Waals surface area contributed by atoms with E-state index in [-0.39, 0.29) is 6.61 Å². The topological polar surface area (TPSA) is 41.5 Å². The molecule has 1 saturated carbocycles. The molecule has 0 spiro atoms. The Labute approximate surface area is 106 Å². The lowest BCUT2D eigenvalue weighted by Crippen LogP contribution is -2.19. The molecule has 1 fully saturated rings. The first-order valence-electron chi connectivity index (χ1n) is 7.36. The van der Waals surface area contributed by atoms with Gasteiger partial charge in [-0.1, -0.05) is 32.1 Å². The first kappa shape index (κ1) is 14.9. The summed E-state index contributed by atoms with van der Waals surface area (Å²) in [5.41, 5.74) is 0. The Morgan fingerprint density at radius 2 is 1.71 bits per heavy atom. The van der Waals surface area contributed by atoms with Crippen molar-refractivity contribution in [2.24, 2.45) is 0 Å². The zero-order valence-corrected chi connectivity index (χ0v) is 11.1. The van der Waals surface area contributed by atoms with Crippen molar-refractivity contribution >= 4 is 0 Å². The van der Waals surface area contributed by atoms with Gasteiger partial charge >= 0.3 is 0 Å². The molecule has 1 aliphatic rings. The monoisotopic (exact) mass is 243 g/mol. The average Bonchev–Trinajstić information content (AvgIpc) is 2.38. The SMILES string of the molecule is OCCNCCCCCCOC1CCCCC1. The van der Waals surface area contributed by atoms with Crippen molar-refractivity contribution in [1.29, 1.82) is 0 Å². The molecule has 17 heavy (non-hydrogen) atoms. The summed E-state index contributed by atoms with van der Waals surface area (Å²) < 4.78 is 5.88. The van der Waals surface area contributed by atoms with Crippen LogP contribution in [0, 0.1) is 0 Å². The van der Waals surface area contributed by atoms with Gasteiger partial charge in [0.15, 0.2) is 0 Å². The van der Waals surface area contributed by atoms with Crippen LogP contribution in [0.5, 0.6) is 0 Å². The van der Waals surface area contributed by atoms with Gasteiger partial charge in [0, 0.05) is 13.2 Å². The predicted molar refractivity (Wildman–Crippen MR) is 71.2 cm³/mol. The van der Waals surface area contributed by atoms with E-state index in [2.05, 4.69) is 5.32 Å². The summed E-state index contributed by atoms with van der Waals surface area (Å²) in [4.78, 5) is 0. The molecule has 0 amide bonds. The lowest BCUT2D eigenvalue weighted by molar-refractivity contribution is 0.0263. The van der Waals surface area contributed by atoms with Crippen molar-refractivity contribution in [3.8, 4) is 0 Å². The number of unbranched alkanes of at least 4 members (excludes halogenated alkanes) is 3. The molecule has 0 aromatic rings. The maximum Gasteiger partial charge on any atom is 0.0575 e. The fourth-order valence-electron chi connectivity index (χ4n) is 2.39. The van der Waals surface area contributed by atoms with Gasteiger partial charge in [-0.15, -0.1) is 0 Å². The van der Waals surface area contributed by atoms with Gasteiger partial charge in [-0.3, -0.25) is 0 Å². The van der Waals surface area contributed by atoms with Gasteiger partial charge in [0.05, 0.1) is 12.7 Å². The van der Waals surface area contributed by atoms with E-state index in [0.717, 1.165) is 19.7 Å². The molecule has 0 radical (unpaired) electrons. The smallest absolute Gasteiger partial charge is 0.0575 e. The number of aliphatic hydroxyl groups is 1. The summed E-state index contributed by atoms with van der Waals surface area (Å²) in [5.74, 6) is 0. The molecule has 2 N–H and O–H groups in total. The van der Waals surface area contributed by atoms with Crippen molar-refractivity contribution in [1.82, 2.24) is 5.32 Å². The summed E-state index contributed by atoms with van der Waals surface area (Å²) in [6, 6.07) is 0. The maximum absolute atomic E-state index is 8.58. The number of aliphatic hydroxyl groups excluding tert-OH is 1. The van der Waals surface area contributed by atoms with E-state index < -0.39 is 0 Å². The summed E-state index contributed by atoms with van der Waals surface area (Å²) in [5, 5.41) is 11.8. The zero-order chi connectivity index (χ0) is 12.2. The highest BCUT2D eigenvalue weighted by Crippen LogP contribution is 2.20. The maximum atomic E-state index is 8.58. The molecule has 1 rings (SSSR count). The lowest BCUT2D eigenvalue weighted by atomic mass is 9.98. The zero-order valence-electron chi connectivity index (χ0n) is 11.1. The highest BCUT2D eigenvalue weighted by Gasteiger charge is 2.12. The predicted octanol–water partition coefficient (Wildman–Crippen LogP) is 2.48. The summed E-state index contributed by atoms with van der Waals surface area (Å²) in [6.45, 7) is 2.96. The minimum Gasteiger partial charge on any atom is -0.395 e. The Kier molecular flexibility index (Phi) is 9.66. The molecule has 0 saturated heterocycles. The van der Waals surface area contributed by atoms with E-state index in [9.17, 15) is 0 Å². The standard InChI is InChI=1S/C14H29NO2/c16-12-11-15-10-6-1-2-7-13-17-14-8-4-3-5-9-14/h14-16H,1-13H2. The normalized spacial score (nSPS) is 17.5. The Morgan fingerprint density at radius 1 is 0.941 bits per heavy atom. The van der Waals surface area contributed by atoms with E-state index in [1.807, 2.05) is 0 Å². The fraction of sp³-hybridized carbons (Fsp3) is 1.00. The minimum absolute atomic E-state index is 0.245. The average molecular weight is 243 g/mol. The molecule has 3 nitrogen and oxygen atoms in total. The van der Waals surface area contributed by atoms with Gasteiger partial charge in [0.2, 0.25) is 0 Å². The molecule has 0 heterocycles. The number of hydrogen-bond acceptors (Lipinski definition) is 3. The molecule has 0 aromatic carbocycles. The molecule has 0 unspecified atom stereocenters. The van der Waals surface area contributed by atoms with Crippen LogP contribution >= 0.6 is 0 Å². The molecule has 3 heteroatoms. The number of rotatable bonds is 10. The van der Waals surface area contributed by atoms with Gasteiger partial charge in [0.25, 0.3) is 0 Å². The van der Waals surface area contributed by atoms with Crippen LogP contribution in [0.15, 0.2) is 0 Å². The van der Waals surface area contributed by atoms with Crippen LogP contribution in [0.1, 0.15) is 57.8 Å². The number of hydrogen-bond donors (Lipinski definition) is 2. The Bertz CT molecular complexity index is 158. The lowest BCUT2D eigenvalue weighted by Gasteiger charge is -2.21. The third kappa shape index (κ3) is 8.58. The molecule has 0 bridgehead atoms. The Balaban J connectivity index is 1.75. The van der Waals surface area contributed by atoms with E-state index in [1.54, 1.807) is 0 Å². The van der Waals surface area contributed by atoms with Crippen molar-refractivity contribution in [3.05, 3.63) is 0 Å². The molecule has 0 aliphatic heterocycles. The summed E-state index contributed by atoms with van der Waals surface area (Å²) >= 11 is 0. The molecule has 102 valence electrons. The molecular formula is C14H29NO2. The highest BCUT2D eigenvalue weighted by atomic mass is 16.5. The van der Waals surface area contributed by atoms with E-state index >= 15 is 0 Å². The van der Waals surface area contributed by atoms with Crippen molar-refractivity contribution in [2.75, 3.05) is 26.3 Å². The molecular weight excluding hydrogens is 214 g/mol.